The number of amides is 1. The smallest absolute Gasteiger partial charge is 0.226 e. The second-order valence-corrected chi connectivity index (χ2v) is 5.18. The summed E-state index contributed by atoms with van der Waals surface area (Å²) < 4.78 is 5.51. The van der Waals surface area contributed by atoms with Crippen LogP contribution in [0, 0.1) is 0 Å². The molecule has 4 nitrogen and oxygen atoms in total. The van der Waals surface area contributed by atoms with Crippen molar-refractivity contribution in [2.45, 2.75) is 25.3 Å². The molecule has 0 aromatic heterocycles. The van der Waals surface area contributed by atoms with Gasteiger partial charge in [-0.2, -0.15) is 0 Å². The van der Waals surface area contributed by atoms with E-state index in [2.05, 4.69) is 0 Å². The SMILES string of the molecule is N[C@H]1CCCN(C(=O)CCOc2ccccc2Cl)C1. The molecule has 1 amide bonds. The monoisotopic (exact) mass is 282 g/mol. The standard InChI is InChI=1S/C14H19ClN2O2/c15-12-5-1-2-6-13(12)19-9-7-14(18)17-8-3-4-11(16)10-17/h1-2,5-6,11H,3-4,7-10,16H2/t11-/m0/s1. The first kappa shape index (κ1) is 14.2. The van der Waals surface area contributed by atoms with Crippen LogP contribution in [0.25, 0.3) is 0 Å². The Labute approximate surface area is 118 Å². The molecule has 104 valence electrons. The van der Waals surface area contributed by atoms with Gasteiger partial charge in [0.25, 0.3) is 0 Å². The predicted octanol–water partition coefficient (Wildman–Crippen LogP) is 2.06. The Morgan fingerprint density at radius 3 is 3.00 bits per heavy atom. The Morgan fingerprint density at radius 2 is 2.26 bits per heavy atom. The third-order valence-corrected chi connectivity index (χ3v) is 3.53. The molecule has 5 heteroatoms. The molecule has 0 bridgehead atoms. The molecular formula is C14H19ClN2O2. The largest absolute Gasteiger partial charge is 0.491 e. The van der Waals surface area contributed by atoms with Crippen LogP contribution in [-0.2, 0) is 4.79 Å². The highest BCUT2D eigenvalue weighted by Crippen LogP contribution is 2.23. The number of likely N-dealkylation sites (tertiary alicyclic amines) is 1. The van der Waals surface area contributed by atoms with E-state index in [1.165, 1.54) is 0 Å². The van der Waals surface area contributed by atoms with Crippen molar-refractivity contribution in [3.63, 3.8) is 0 Å². The van der Waals surface area contributed by atoms with Crippen LogP contribution in [0.15, 0.2) is 24.3 Å². The first-order valence-electron chi connectivity index (χ1n) is 6.57. The fraction of sp³-hybridized carbons (Fsp3) is 0.500. The first-order valence-corrected chi connectivity index (χ1v) is 6.95. The summed E-state index contributed by atoms with van der Waals surface area (Å²) in [5.74, 6) is 0.717. The van der Waals surface area contributed by atoms with Crippen molar-refractivity contribution >= 4 is 17.5 Å². The summed E-state index contributed by atoms with van der Waals surface area (Å²) in [6.07, 6.45) is 2.34. The van der Waals surface area contributed by atoms with Crippen LogP contribution in [0.2, 0.25) is 5.02 Å². The third kappa shape index (κ3) is 4.11. The van der Waals surface area contributed by atoms with Gasteiger partial charge in [-0.3, -0.25) is 4.79 Å². The lowest BCUT2D eigenvalue weighted by atomic mass is 10.1. The van der Waals surface area contributed by atoms with Crippen LogP contribution in [0.3, 0.4) is 0 Å². The fourth-order valence-corrected chi connectivity index (χ4v) is 2.39. The van der Waals surface area contributed by atoms with Crippen molar-refractivity contribution in [2.24, 2.45) is 5.73 Å². The molecule has 1 aromatic rings. The summed E-state index contributed by atoms with van der Waals surface area (Å²) in [6, 6.07) is 7.37. The van der Waals surface area contributed by atoms with Gasteiger partial charge in [0.15, 0.2) is 0 Å². The molecule has 1 aliphatic heterocycles. The Balaban J connectivity index is 1.76. The van der Waals surface area contributed by atoms with Gasteiger partial charge >= 0.3 is 0 Å². The van der Waals surface area contributed by atoms with Crippen molar-refractivity contribution in [2.75, 3.05) is 19.7 Å². The summed E-state index contributed by atoms with van der Waals surface area (Å²) in [4.78, 5) is 13.8. The predicted molar refractivity (Wildman–Crippen MR) is 75.4 cm³/mol. The normalized spacial score (nSPS) is 19.3. The van der Waals surface area contributed by atoms with Gasteiger partial charge in [-0.15, -0.1) is 0 Å². The second kappa shape index (κ2) is 6.78. The van der Waals surface area contributed by atoms with Gasteiger partial charge in [-0.1, -0.05) is 23.7 Å². The van der Waals surface area contributed by atoms with E-state index in [1.807, 2.05) is 17.0 Å². The lowest BCUT2D eigenvalue weighted by molar-refractivity contribution is -0.132. The molecule has 1 saturated heterocycles. The van der Waals surface area contributed by atoms with Gasteiger partial charge in [0.05, 0.1) is 18.1 Å². The molecule has 2 N–H and O–H groups in total. The second-order valence-electron chi connectivity index (χ2n) is 4.77. The average molecular weight is 283 g/mol. The summed E-state index contributed by atoms with van der Waals surface area (Å²) in [6.45, 7) is 1.80. The maximum Gasteiger partial charge on any atom is 0.226 e. The minimum atomic E-state index is 0.0993. The van der Waals surface area contributed by atoms with Gasteiger partial charge in [-0.25, -0.2) is 0 Å². The molecule has 0 spiro atoms. The van der Waals surface area contributed by atoms with Gasteiger partial charge in [-0.05, 0) is 25.0 Å². The highest BCUT2D eigenvalue weighted by Gasteiger charge is 2.20. The topological polar surface area (TPSA) is 55.6 Å². The van der Waals surface area contributed by atoms with Gasteiger partial charge < -0.3 is 15.4 Å². The van der Waals surface area contributed by atoms with E-state index in [-0.39, 0.29) is 11.9 Å². The molecule has 0 radical (unpaired) electrons. The number of carbonyl (C=O) groups is 1. The maximum atomic E-state index is 12.0. The molecule has 19 heavy (non-hydrogen) atoms. The summed E-state index contributed by atoms with van der Waals surface area (Å²) in [5.41, 5.74) is 5.86. The molecule has 1 fully saturated rings. The van der Waals surface area contributed by atoms with E-state index < -0.39 is 0 Å². The number of nitrogens with zero attached hydrogens (tertiary/aromatic N) is 1. The number of halogens is 1. The zero-order valence-electron chi connectivity index (χ0n) is 10.8. The first-order chi connectivity index (χ1) is 9.16. The van der Waals surface area contributed by atoms with Gasteiger partial charge in [0, 0.05) is 19.1 Å². The van der Waals surface area contributed by atoms with E-state index >= 15 is 0 Å². The van der Waals surface area contributed by atoms with E-state index in [0.29, 0.717) is 30.3 Å². The molecule has 1 atom stereocenters. The number of ether oxygens (including phenoxy) is 1. The molecule has 1 aromatic carbocycles. The minimum Gasteiger partial charge on any atom is -0.491 e. The van der Waals surface area contributed by atoms with E-state index in [1.54, 1.807) is 12.1 Å². The van der Waals surface area contributed by atoms with Crippen LogP contribution >= 0.6 is 11.6 Å². The summed E-state index contributed by atoms with van der Waals surface area (Å²) in [7, 11) is 0. The lowest BCUT2D eigenvalue weighted by Crippen LogP contribution is -2.46. The quantitative estimate of drug-likeness (QED) is 0.920. The third-order valence-electron chi connectivity index (χ3n) is 3.22. The van der Waals surface area contributed by atoms with Crippen LogP contribution in [0.5, 0.6) is 5.75 Å². The molecular weight excluding hydrogens is 264 g/mol. The Bertz CT molecular complexity index is 439. The van der Waals surface area contributed by atoms with Crippen molar-refractivity contribution < 1.29 is 9.53 Å². The Kier molecular flexibility index (Phi) is 5.05. The fourth-order valence-electron chi connectivity index (χ4n) is 2.20. The number of para-hydroxylation sites is 1. The molecule has 2 rings (SSSR count). The van der Waals surface area contributed by atoms with E-state index in [0.717, 1.165) is 19.4 Å². The van der Waals surface area contributed by atoms with Crippen LogP contribution in [0.1, 0.15) is 19.3 Å². The van der Waals surface area contributed by atoms with Crippen molar-refractivity contribution in [1.82, 2.24) is 4.90 Å². The molecule has 0 aliphatic carbocycles. The zero-order valence-corrected chi connectivity index (χ0v) is 11.6. The van der Waals surface area contributed by atoms with Crippen LogP contribution < -0.4 is 10.5 Å². The Hall–Kier alpha value is -1.26. The van der Waals surface area contributed by atoms with E-state index in [9.17, 15) is 4.79 Å². The van der Waals surface area contributed by atoms with Crippen molar-refractivity contribution in [3.8, 4) is 5.75 Å². The van der Waals surface area contributed by atoms with Crippen molar-refractivity contribution in [3.05, 3.63) is 29.3 Å². The highest BCUT2D eigenvalue weighted by atomic mass is 35.5. The highest BCUT2D eigenvalue weighted by molar-refractivity contribution is 6.32. The lowest BCUT2D eigenvalue weighted by Gasteiger charge is -2.30. The minimum absolute atomic E-state index is 0.0993. The molecule has 0 unspecified atom stereocenters. The average Bonchev–Trinajstić information content (AvgIpc) is 2.41. The molecule has 1 heterocycles. The number of rotatable bonds is 4. The van der Waals surface area contributed by atoms with Crippen LogP contribution in [0.4, 0.5) is 0 Å². The van der Waals surface area contributed by atoms with Gasteiger partial charge in [0.1, 0.15) is 5.75 Å². The zero-order chi connectivity index (χ0) is 13.7. The number of carbonyl (C=O) groups excluding carboxylic acids is 1. The maximum absolute atomic E-state index is 12.0. The number of hydrogen-bond acceptors (Lipinski definition) is 3. The number of hydrogen-bond donors (Lipinski definition) is 1. The van der Waals surface area contributed by atoms with E-state index in [4.69, 9.17) is 22.1 Å². The number of nitrogens with two attached hydrogens (primary N) is 1. The molecule has 1 aliphatic rings. The summed E-state index contributed by atoms with van der Waals surface area (Å²) >= 11 is 5.97. The summed E-state index contributed by atoms with van der Waals surface area (Å²) in [5, 5.41) is 0.565. The number of benzene rings is 1. The van der Waals surface area contributed by atoms with Gasteiger partial charge in [0.2, 0.25) is 5.91 Å². The number of piperidine rings is 1. The molecule has 0 saturated carbocycles. The van der Waals surface area contributed by atoms with Crippen molar-refractivity contribution in [1.29, 1.82) is 0 Å². The van der Waals surface area contributed by atoms with Crippen LogP contribution in [-0.4, -0.2) is 36.5 Å². The Morgan fingerprint density at radius 1 is 1.47 bits per heavy atom.